The SMILES string of the molecule is O=[N+]([O-])c1ccc(N=Nc2cc(S(=O)(=O)O)c3cc(S(=O)(=O)O)cc(N=Nc4cc(N=Nc5cc([N+](=O)[O-])cc([N+](=O)[O-])c5O)c(O)cc4O)c3c2O)cc1. The van der Waals surface area contributed by atoms with Crippen LogP contribution in [0.4, 0.5) is 51.2 Å². The molecule has 0 saturated heterocycles. The highest BCUT2D eigenvalue weighted by Gasteiger charge is 2.26. The number of nitrogens with zero attached hydrogens (tertiary/aromatic N) is 9. The van der Waals surface area contributed by atoms with Crippen LogP contribution in [0.25, 0.3) is 10.8 Å². The van der Waals surface area contributed by atoms with Crippen LogP contribution in [0.3, 0.4) is 0 Å². The summed E-state index contributed by atoms with van der Waals surface area (Å²) in [6.07, 6.45) is 0. The number of benzene rings is 5. The minimum Gasteiger partial charge on any atom is -0.505 e. The van der Waals surface area contributed by atoms with Crippen LogP contribution in [-0.2, 0) is 20.2 Å². The molecule has 0 atom stereocenters. The monoisotopic (exact) mass is 799 g/mol. The molecule has 0 aliphatic heterocycles. The normalized spacial score (nSPS) is 12.3. The number of aromatic hydroxyl groups is 4. The highest BCUT2D eigenvalue weighted by Crippen LogP contribution is 2.47. The topological polar surface area (TPSA) is 393 Å². The first-order chi connectivity index (χ1) is 25.6. The number of non-ortho nitro benzene ring substituents is 2. The number of hydrogen-bond donors (Lipinski definition) is 6. The molecule has 6 N–H and O–H groups in total. The molecule has 5 aromatic carbocycles. The molecule has 282 valence electrons. The third kappa shape index (κ3) is 8.23. The molecule has 0 bridgehead atoms. The van der Waals surface area contributed by atoms with Crippen LogP contribution in [0.5, 0.6) is 23.0 Å². The maximum atomic E-state index is 12.5. The van der Waals surface area contributed by atoms with Gasteiger partial charge in [-0.2, -0.15) is 21.9 Å². The number of phenolic OH excluding ortho intramolecular Hbond substituents is 4. The number of nitro benzene ring substituents is 3. The summed E-state index contributed by atoms with van der Waals surface area (Å²) >= 11 is 0. The predicted molar refractivity (Wildman–Crippen MR) is 182 cm³/mol. The average molecular weight is 800 g/mol. The summed E-state index contributed by atoms with van der Waals surface area (Å²) in [5, 5.41) is 96.2. The minimum atomic E-state index is -5.30. The fraction of sp³-hybridized carbons (Fsp3) is 0. The third-order valence-electron chi connectivity index (χ3n) is 7.08. The summed E-state index contributed by atoms with van der Waals surface area (Å²) in [4.78, 5) is 28.5. The highest BCUT2D eigenvalue weighted by atomic mass is 32.2. The molecular weight excluding hydrogens is 782 g/mol. The quantitative estimate of drug-likeness (QED) is 0.0335. The van der Waals surface area contributed by atoms with Crippen molar-refractivity contribution in [1.82, 2.24) is 0 Å². The molecule has 0 saturated carbocycles. The van der Waals surface area contributed by atoms with Gasteiger partial charge in [-0.05, 0) is 30.3 Å². The van der Waals surface area contributed by atoms with Crippen LogP contribution >= 0.6 is 0 Å². The molecule has 0 spiro atoms. The van der Waals surface area contributed by atoms with Crippen molar-refractivity contribution in [3.8, 4) is 23.0 Å². The Hall–Kier alpha value is -7.62. The van der Waals surface area contributed by atoms with Crippen molar-refractivity contribution in [2.75, 3.05) is 0 Å². The van der Waals surface area contributed by atoms with Crippen LogP contribution in [0, 0.1) is 30.3 Å². The first-order valence-corrected chi connectivity index (χ1v) is 17.0. The molecule has 5 aromatic rings. The fourth-order valence-electron chi connectivity index (χ4n) is 4.55. The first kappa shape index (κ1) is 38.6. The second-order valence-electron chi connectivity index (χ2n) is 10.6. The molecule has 0 heterocycles. The fourth-order valence-corrected chi connectivity index (χ4v) is 5.78. The molecule has 0 unspecified atom stereocenters. The number of hydrogen-bond acceptors (Lipinski definition) is 20. The zero-order chi connectivity index (χ0) is 40.6. The molecule has 0 radical (unpaired) electrons. The van der Waals surface area contributed by atoms with E-state index in [9.17, 15) is 76.7 Å². The average Bonchev–Trinajstić information content (AvgIpc) is 3.09. The lowest BCUT2D eigenvalue weighted by atomic mass is 10.1. The molecule has 0 fully saturated rings. The maximum absolute atomic E-state index is 12.5. The van der Waals surface area contributed by atoms with Crippen molar-refractivity contribution in [3.63, 3.8) is 0 Å². The molecule has 27 heteroatoms. The van der Waals surface area contributed by atoms with Gasteiger partial charge in [-0.15, -0.1) is 25.6 Å². The summed E-state index contributed by atoms with van der Waals surface area (Å²) in [6.45, 7) is 0. The van der Waals surface area contributed by atoms with Gasteiger partial charge in [0.2, 0.25) is 5.75 Å². The highest BCUT2D eigenvalue weighted by molar-refractivity contribution is 7.86. The summed E-state index contributed by atoms with van der Waals surface area (Å²) in [5.74, 6) is -3.79. The van der Waals surface area contributed by atoms with Crippen molar-refractivity contribution >= 4 is 82.2 Å². The maximum Gasteiger partial charge on any atom is 0.319 e. The van der Waals surface area contributed by atoms with E-state index in [0.29, 0.717) is 36.4 Å². The van der Waals surface area contributed by atoms with Gasteiger partial charge >= 0.3 is 5.69 Å². The Morgan fingerprint density at radius 3 is 1.56 bits per heavy atom. The van der Waals surface area contributed by atoms with E-state index in [-0.39, 0.29) is 11.4 Å². The minimum absolute atomic E-state index is 0.0326. The Labute approximate surface area is 303 Å². The van der Waals surface area contributed by atoms with Crippen LogP contribution in [0.15, 0.2) is 107 Å². The summed E-state index contributed by atoms with van der Waals surface area (Å²) in [7, 11) is -10.5. The van der Waals surface area contributed by atoms with E-state index >= 15 is 0 Å². The van der Waals surface area contributed by atoms with Gasteiger partial charge in [0.15, 0.2) is 5.75 Å². The Morgan fingerprint density at radius 2 is 1.04 bits per heavy atom. The lowest BCUT2D eigenvalue weighted by Crippen LogP contribution is -2.02. The lowest BCUT2D eigenvalue weighted by molar-refractivity contribution is -0.394. The van der Waals surface area contributed by atoms with Crippen LogP contribution in [0.2, 0.25) is 0 Å². The van der Waals surface area contributed by atoms with Crippen LogP contribution < -0.4 is 0 Å². The van der Waals surface area contributed by atoms with Crippen LogP contribution in [0.1, 0.15) is 0 Å². The predicted octanol–water partition coefficient (Wildman–Crippen LogP) is 7.13. The molecule has 25 nitrogen and oxygen atoms in total. The van der Waals surface area contributed by atoms with Gasteiger partial charge in [0.25, 0.3) is 31.6 Å². The number of rotatable bonds is 11. The van der Waals surface area contributed by atoms with Crippen molar-refractivity contribution in [2.45, 2.75) is 9.79 Å². The Kier molecular flexibility index (Phi) is 10.1. The van der Waals surface area contributed by atoms with Gasteiger partial charge in [0, 0.05) is 35.7 Å². The van der Waals surface area contributed by atoms with Gasteiger partial charge < -0.3 is 20.4 Å². The molecule has 0 aliphatic carbocycles. The standard InChI is InChI=1S/C28H17N9O16S2/c38-23-11-24(39)18(31-34-20-5-14(36(44)45)6-22(27(20)40)37(46)47)9-17(23)30-32-19-8-15(54(48,49)50)7-16-25(55(51,52)53)10-21(28(41)26(16)19)33-29-12-1-3-13(4-2-12)35(42)43/h1-11,38-41H,(H,48,49,50)(H,51,52,53). The van der Waals surface area contributed by atoms with Gasteiger partial charge in [0.1, 0.15) is 39.1 Å². The summed E-state index contributed by atoms with van der Waals surface area (Å²) in [6, 6.07) is 8.57. The second kappa shape index (κ2) is 14.4. The Balaban J connectivity index is 1.68. The first-order valence-electron chi connectivity index (χ1n) is 14.2. The largest absolute Gasteiger partial charge is 0.505 e. The number of phenols is 4. The van der Waals surface area contributed by atoms with Crippen molar-refractivity contribution < 1.29 is 61.1 Å². The van der Waals surface area contributed by atoms with E-state index in [0.717, 1.165) is 30.3 Å². The summed E-state index contributed by atoms with van der Waals surface area (Å²) < 4.78 is 69.0. The number of fused-ring (bicyclic) bond motifs is 1. The molecule has 55 heavy (non-hydrogen) atoms. The number of nitro groups is 3. The molecule has 0 amide bonds. The van der Waals surface area contributed by atoms with Gasteiger partial charge in [-0.1, -0.05) is 0 Å². The Morgan fingerprint density at radius 1 is 0.509 bits per heavy atom. The van der Waals surface area contributed by atoms with Crippen molar-refractivity contribution in [2.24, 2.45) is 30.7 Å². The molecule has 5 rings (SSSR count). The van der Waals surface area contributed by atoms with Crippen molar-refractivity contribution in [3.05, 3.63) is 97.1 Å². The zero-order valence-electron chi connectivity index (χ0n) is 26.5. The third-order valence-corrected chi connectivity index (χ3v) is 8.80. The number of azo groups is 3. The van der Waals surface area contributed by atoms with Gasteiger partial charge in [-0.3, -0.25) is 39.4 Å². The summed E-state index contributed by atoms with van der Waals surface area (Å²) in [5.41, 5.74) is -5.79. The van der Waals surface area contributed by atoms with Gasteiger partial charge in [0.05, 0.1) is 42.5 Å². The van der Waals surface area contributed by atoms with E-state index in [4.69, 9.17) is 0 Å². The zero-order valence-corrected chi connectivity index (χ0v) is 28.1. The van der Waals surface area contributed by atoms with E-state index in [1.807, 2.05) is 0 Å². The van der Waals surface area contributed by atoms with Crippen molar-refractivity contribution in [1.29, 1.82) is 0 Å². The van der Waals surface area contributed by atoms with E-state index in [1.165, 1.54) is 0 Å². The van der Waals surface area contributed by atoms with E-state index in [2.05, 4.69) is 30.7 Å². The smallest absolute Gasteiger partial charge is 0.319 e. The molecule has 0 aromatic heterocycles. The van der Waals surface area contributed by atoms with E-state index in [1.54, 1.807) is 0 Å². The van der Waals surface area contributed by atoms with E-state index < -0.39 is 118 Å². The van der Waals surface area contributed by atoms with Gasteiger partial charge in [-0.25, -0.2) is 0 Å². The molecule has 0 aliphatic rings. The molecular formula is C28H17N9O16S2. The Bertz CT molecular complexity index is 2790. The lowest BCUT2D eigenvalue weighted by Gasteiger charge is -2.12. The van der Waals surface area contributed by atoms with Crippen LogP contribution in [-0.4, -0.2) is 61.1 Å². The second-order valence-corrected chi connectivity index (χ2v) is 13.4.